The summed E-state index contributed by atoms with van der Waals surface area (Å²) in [6.07, 6.45) is 2.72. The smallest absolute Gasteiger partial charge is 0.184 e. The van der Waals surface area contributed by atoms with Gasteiger partial charge in [-0.1, -0.05) is 5.57 Å². The van der Waals surface area contributed by atoms with E-state index >= 15 is 0 Å². The summed E-state index contributed by atoms with van der Waals surface area (Å²) in [5.41, 5.74) is 1.49. The molecule has 3 nitrogen and oxygen atoms in total. The first-order valence-corrected chi connectivity index (χ1v) is 4.38. The summed E-state index contributed by atoms with van der Waals surface area (Å²) >= 11 is 1.06. The van der Waals surface area contributed by atoms with Crippen molar-refractivity contribution in [2.45, 2.75) is 19.8 Å². The normalized spacial score (nSPS) is 9.75. The molecule has 0 atom stereocenters. The van der Waals surface area contributed by atoms with Gasteiger partial charge in [0, 0.05) is 6.42 Å². The second-order valence-corrected chi connectivity index (χ2v) is 3.23. The third kappa shape index (κ3) is 2.54. The molecule has 4 heteroatoms. The summed E-state index contributed by atoms with van der Waals surface area (Å²) in [4.78, 5) is 11.3. The molecule has 1 rings (SSSR count). The van der Waals surface area contributed by atoms with Crippen LogP contribution >= 0.6 is 11.7 Å². The average molecular weight is 182 g/mol. The van der Waals surface area contributed by atoms with Crippen LogP contribution in [0.4, 0.5) is 0 Å². The second kappa shape index (κ2) is 4.11. The maximum Gasteiger partial charge on any atom is 0.184 e. The molecule has 0 saturated carbocycles. The molecule has 1 heterocycles. The van der Waals surface area contributed by atoms with E-state index in [1.54, 1.807) is 0 Å². The van der Waals surface area contributed by atoms with Gasteiger partial charge in [-0.3, -0.25) is 4.79 Å². The molecule has 0 fully saturated rings. The third-order valence-corrected chi connectivity index (χ3v) is 1.90. The number of ketones is 1. The number of aromatic nitrogens is 2. The van der Waals surface area contributed by atoms with Crippen LogP contribution in [0.15, 0.2) is 18.3 Å². The van der Waals surface area contributed by atoms with Gasteiger partial charge >= 0.3 is 0 Å². The Morgan fingerprint density at radius 1 is 1.67 bits per heavy atom. The van der Waals surface area contributed by atoms with Crippen molar-refractivity contribution in [1.29, 1.82) is 0 Å². The van der Waals surface area contributed by atoms with Gasteiger partial charge in [-0.2, -0.15) is 8.75 Å². The first-order valence-electron chi connectivity index (χ1n) is 3.65. The predicted molar refractivity (Wildman–Crippen MR) is 48.3 cm³/mol. The molecule has 0 N–H and O–H groups in total. The predicted octanol–water partition coefficient (Wildman–Crippen LogP) is 2.08. The van der Waals surface area contributed by atoms with Gasteiger partial charge in [0.2, 0.25) is 0 Å². The van der Waals surface area contributed by atoms with Gasteiger partial charge in [-0.15, -0.1) is 6.58 Å². The van der Waals surface area contributed by atoms with Crippen LogP contribution < -0.4 is 0 Å². The van der Waals surface area contributed by atoms with Crippen LogP contribution in [0.5, 0.6) is 0 Å². The van der Waals surface area contributed by atoms with Crippen molar-refractivity contribution in [3.05, 3.63) is 24.0 Å². The average Bonchev–Trinajstić information content (AvgIpc) is 2.51. The first kappa shape index (κ1) is 9.06. The van der Waals surface area contributed by atoms with E-state index < -0.39 is 0 Å². The zero-order valence-corrected chi connectivity index (χ0v) is 7.73. The lowest BCUT2D eigenvalue weighted by Crippen LogP contribution is -1.98. The maximum absolute atomic E-state index is 11.3. The molecular weight excluding hydrogens is 172 g/mol. The fourth-order valence-corrected chi connectivity index (χ4v) is 1.17. The molecule has 64 valence electrons. The fourth-order valence-electron chi connectivity index (χ4n) is 0.743. The van der Waals surface area contributed by atoms with E-state index in [9.17, 15) is 4.79 Å². The topological polar surface area (TPSA) is 42.9 Å². The van der Waals surface area contributed by atoms with Crippen LogP contribution in [0.2, 0.25) is 0 Å². The summed E-state index contributed by atoms with van der Waals surface area (Å²) in [6.45, 7) is 5.63. The van der Waals surface area contributed by atoms with E-state index in [1.807, 2.05) is 6.92 Å². The molecule has 0 aliphatic heterocycles. The lowest BCUT2D eigenvalue weighted by molar-refractivity contribution is 0.0979. The lowest BCUT2D eigenvalue weighted by atomic mass is 10.1. The minimum atomic E-state index is 0.0479. The van der Waals surface area contributed by atoms with Crippen molar-refractivity contribution in [2.75, 3.05) is 0 Å². The molecule has 1 aromatic heterocycles. The van der Waals surface area contributed by atoms with E-state index in [1.165, 1.54) is 6.20 Å². The number of rotatable bonds is 4. The molecule has 0 amide bonds. The van der Waals surface area contributed by atoms with Crippen LogP contribution in [0.3, 0.4) is 0 Å². The highest BCUT2D eigenvalue weighted by Gasteiger charge is 2.07. The Bertz CT molecular complexity index is 279. The molecule has 0 aliphatic rings. The Hall–Kier alpha value is -1.03. The number of carbonyl (C=O) groups excluding carboxylic acids is 1. The number of allylic oxidation sites excluding steroid dienone is 1. The highest BCUT2D eigenvalue weighted by molar-refractivity contribution is 6.99. The molecule has 0 radical (unpaired) electrons. The Morgan fingerprint density at radius 2 is 2.42 bits per heavy atom. The van der Waals surface area contributed by atoms with Gasteiger partial charge in [0.1, 0.15) is 5.69 Å². The van der Waals surface area contributed by atoms with Crippen LogP contribution in [0.25, 0.3) is 0 Å². The molecule has 1 aromatic rings. The SMILES string of the molecule is C=C(C)CCC(=O)c1cnsn1. The third-order valence-electron chi connectivity index (χ3n) is 1.43. The van der Waals surface area contributed by atoms with Gasteiger partial charge in [0.25, 0.3) is 0 Å². The van der Waals surface area contributed by atoms with Crippen LogP contribution in [-0.2, 0) is 0 Å². The van der Waals surface area contributed by atoms with Gasteiger partial charge < -0.3 is 0 Å². The molecule has 0 aliphatic carbocycles. The van der Waals surface area contributed by atoms with Crippen molar-refractivity contribution in [3.8, 4) is 0 Å². The van der Waals surface area contributed by atoms with Crippen molar-refractivity contribution in [2.24, 2.45) is 0 Å². The van der Waals surface area contributed by atoms with Crippen molar-refractivity contribution in [3.63, 3.8) is 0 Å². The highest BCUT2D eigenvalue weighted by Crippen LogP contribution is 2.06. The quantitative estimate of drug-likeness (QED) is 0.529. The molecule has 0 spiro atoms. The Kier molecular flexibility index (Phi) is 3.10. The first-order chi connectivity index (χ1) is 5.70. The number of Topliss-reactive ketones (excluding diaryl/α,β-unsaturated/α-hetero) is 1. The van der Waals surface area contributed by atoms with E-state index in [-0.39, 0.29) is 5.78 Å². The van der Waals surface area contributed by atoms with Crippen molar-refractivity contribution in [1.82, 2.24) is 8.75 Å². The van der Waals surface area contributed by atoms with Crippen molar-refractivity contribution >= 4 is 17.5 Å². The summed E-state index contributed by atoms with van der Waals surface area (Å²) < 4.78 is 7.60. The maximum atomic E-state index is 11.3. The minimum Gasteiger partial charge on any atom is -0.292 e. The van der Waals surface area contributed by atoms with E-state index in [0.29, 0.717) is 12.1 Å². The highest BCUT2D eigenvalue weighted by atomic mass is 32.1. The Balaban J connectivity index is 2.45. The van der Waals surface area contributed by atoms with Gasteiger partial charge in [-0.25, -0.2) is 0 Å². The molecule has 0 saturated heterocycles. The van der Waals surface area contributed by atoms with Gasteiger partial charge in [-0.05, 0) is 13.3 Å². The molecular formula is C8H10N2OS. The summed E-state index contributed by atoms with van der Waals surface area (Å²) in [5.74, 6) is 0.0479. The zero-order valence-electron chi connectivity index (χ0n) is 6.91. The van der Waals surface area contributed by atoms with Crippen LogP contribution in [-0.4, -0.2) is 14.5 Å². The van der Waals surface area contributed by atoms with E-state index in [0.717, 1.165) is 23.7 Å². The Morgan fingerprint density at radius 3 is 2.92 bits per heavy atom. The Labute approximate surface area is 75.5 Å². The van der Waals surface area contributed by atoms with E-state index in [4.69, 9.17) is 0 Å². The summed E-state index contributed by atoms with van der Waals surface area (Å²) in [5, 5.41) is 0. The monoisotopic (exact) mass is 182 g/mol. The summed E-state index contributed by atoms with van der Waals surface area (Å²) in [7, 11) is 0. The standard InChI is InChI=1S/C8H10N2OS/c1-6(2)3-4-8(11)7-5-9-12-10-7/h5H,1,3-4H2,2H3. The number of nitrogens with zero attached hydrogens (tertiary/aromatic N) is 2. The van der Waals surface area contributed by atoms with Gasteiger partial charge in [0.05, 0.1) is 17.9 Å². The number of carbonyl (C=O) groups is 1. The number of hydrogen-bond donors (Lipinski definition) is 0. The lowest BCUT2D eigenvalue weighted by Gasteiger charge is -1.95. The molecule has 0 unspecified atom stereocenters. The number of hydrogen-bond acceptors (Lipinski definition) is 4. The molecule has 12 heavy (non-hydrogen) atoms. The van der Waals surface area contributed by atoms with Crippen molar-refractivity contribution < 1.29 is 4.79 Å². The second-order valence-electron chi connectivity index (χ2n) is 2.67. The minimum absolute atomic E-state index is 0.0479. The summed E-state index contributed by atoms with van der Waals surface area (Å²) in [6, 6.07) is 0. The largest absolute Gasteiger partial charge is 0.292 e. The molecule has 0 aromatic carbocycles. The van der Waals surface area contributed by atoms with E-state index in [2.05, 4.69) is 15.3 Å². The van der Waals surface area contributed by atoms with Crippen LogP contribution in [0, 0.1) is 0 Å². The fraction of sp³-hybridized carbons (Fsp3) is 0.375. The zero-order chi connectivity index (χ0) is 8.97. The van der Waals surface area contributed by atoms with Crippen LogP contribution in [0.1, 0.15) is 30.3 Å². The molecule has 0 bridgehead atoms. The van der Waals surface area contributed by atoms with Gasteiger partial charge in [0.15, 0.2) is 5.78 Å².